The maximum absolute atomic E-state index is 11.3. The summed E-state index contributed by atoms with van der Waals surface area (Å²) in [6.45, 7) is 3.68. The Kier molecular flexibility index (Phi) is 16.0. The Balaban J connectivity index is 1.64. The third kappa shape index (κ3) is 13.1. The van der Waals surface area contributed by atoms with Crippen molar-refractivity contribution in [1.82, 2.24) is 0 Å². The molecule has 0 fully saturated rings. The largest absolute Gasteiger partial charge is 0.388 e. The van der Waals surface area contributed by atoms with Crippen molar-refractivity contribution >= 4 is 0 Å². The quantitative estimate of drug-likeness (QED) is 0.108. The van der Waals surface area contributed by atoms with Crippen molar-refractivity contribution in [1.29, 1.82) is 0 Å². The zero-order chi connectivity index (χ0) is 28.1. The second-order valence-electron chi connectivity index (χ2n) is 10.4. The molecule has 0 aromatic heterocycles. The monoisotopic (exact) mass is 544 g/mol. The first-order valence-corrected chi connectivity index (χ1v) is 15.0. The van der Waals surface area contributed by atoms with Gasteiger partial charge in [-0.2, -0.15) is 0 Å². The summed E-state index contributed by atoms with van der Waals surface area (Å²) in [4.78, 5) is 0. The molecular formula is C36H48O4. The minimum Gasteiger partial charge on any atom is -0.388 e. The molecule has 3 rings (SSSR count). The number of aliphatic hydroxyl groups excluding tert-OH is 1. The van der Waals surface area contributed by atoms with E-state index in [1.165, 1.54) is 38.5 Å². The molecule has 40 heavy (non-hydrogen) atoms. The van der Waals surface area contributed by atoms with Gasteiger partial charge in [-0.15, -0.1) is 0 Å². The summed E-state index contributed by atoms with van der Waals surface area (Å²) in [7, 11) is 0. The first kappa shape index (κ1) is 31.8. The van der Waals surface area contributed by atoms with Crippen LogP contribution in [0.25, 0.3) is 0 Å². The van der Waals surface area contributed by atoms with Gasteiger partial charge in [0.15, 0.2) is 0 Å². The van der Waals surface area contributed by atoms with Crippen LogP contribution in [0.1, 0.15) is 75.0 Å². The molecule has 3 aromatic carbocycles. The Bertz CT molecular complexity index is 1020. The SMILES string of the molecule is CCCCCCCCC/C=C/[C@@H](OCc1ccccc1)[C@@H](OCc1ccccc1)[C@H](O)COCc1ccccc1. The lowest BCUT2D eigenvalue weighted by atomic mass is 10.0. The lowest BCUT2D eigenvalue weighted by Crippen LogP contribution is -2.42. The van der Waals surface area contributed by atoms with Crippen molar-refractivity contribution in [2.45, 2.75) is 96.4 Å². The van der Waals surface area contributed by atoms with E-state index in [4.69, 9.17) is 14.2 Å². The van der Waals surface area contributed by atoms with Gasteiger partial charge < -0.3 is 19.3 Å². The van der Waals surface area contributed by atoms with Gasteiger partial charge in [0.25, 0.3) is 0 Å². The summed E-state index contributed by atoms with van der Waals surface area (Å²) in [5.41, 5.74) is 3.21. The molecule has 4 heteroatoms. The van der Waals surface area contributed by atoms with Crippen molar-refractivity contribution in [3.8, 4) is 0 Å². The van der Waals surface area contributed by atoms with Gasteiger partial charge in [0.2, 0.25) is 0 Å². The standard InChI is InChI=1S/C36H48O4/c1-2-3-4-5-6-7-8-9-19-26-35(39-28-32-22-15-11-16-23-32)36(40-29-33-24-17-12-18-25-33)34(37)30-38-27-31-20-13-10-14-21-31/h10-26,34-37H,2-9,27-30H2,1H3/b26-19+/t34-,35-,36+/m1/s1. The van der Waals surface area contributed by atoms with Crippen LogP contribution < -0.4 is 0 Å². The van der Waals surface area contributed by atoms with Gasteiger partial charge in [0, 0.05) is 0 Å². The van der Waals surface area contributed by atoms with E-state index in [1.54, 1.807) is 0 Å². The van der Waals surface area contributed by atoms with E-state index < -0.39 is 18.3 Å². The normalized spacial score (nSPS) is 13.8. The predicted octanol–water partition coefficient (Wildman–Crippen LogP) is 8.43. The van der Waals surface area contributed by atoms with Gasteiger partial charge in [-0.05, 0) is 29.5 Å². The Morgan fingerprint density at radius 2 is 1.12 bits per heavy atom. The molecule has 0 heterocycles. The summed E-state index contributed by atoms with van der Waals surface area (Å²) in [5, 5.41) is 11.3. The van der Waals surface area contributed by atoms with Gasteiger partial charge in [0.1, 0.15) is 18.3 Å². The highest BCUT2D eigenvalue weighted by molar-refractivity contribution is 5.15. The Labute approximate surface area is 242 Å². The second kappa shape index (κ2) is 20.2. The number of allylic oxidation sites excluding steroid dienone is 1. The van der Waals surface area contributed by atoms with Crippen molar-refractivity contribution in [2.75, 3.05) is 6.61 Å². The third-order valence-electron chi connectivity index (χ3n) is 6.97. The number of ether oxygens (including phenoxy) is 3. The molecule has 3 aromatic rings. The molecule has 0 unspecified atom stereocenters. The fraction of sp³-hybridized carbons (Fsp3) is 0.444. The first-order valence-electron chi connectivity index (χ1n) is 15.0. The molecular weight excluding hydrogens is 496 g/mol. The van der Waals surface area contributed by atoms with Crippen LogP contribution in [-0.4, -0.2) is 30.0 Å². The molecule has 0 radical (unpaired) electrons. The summed E-state index contributed by atoms with van der Waals surface area (Å²) in [5.74, 6) is 0. The minimum absolute atomic E-state index is 0.158. The van der Waals surface area contributed by atoms with Crippen molar-refractivity contribution < 1.29 is 19.3 Å². The number of benzene rings is 3. The highest BCUT2D eigenvalue weighted by Gasteiger charge is 2.29. The van der Waals surface area contributed by atoms with E-state index in [9.17, 15) is 5.11 Å². The highest BCUT2D eigenvalue weighted by Crippen LogP contribution is 2.18. The van der Waals surface area contributed by atoms with Crippen LogP contribution >= 0.6 is 0 Å². The molecule has 0 spiro atoms. The fourth-order valence-corrected chi connectivity index (χ4v) is 4.63. The van der Waals surface area contributed by atoms with Crippen molar-refractivity contribution in [2.24, 2.45) is 0 Å². The Morgan fingerprint density at radius 1 is 0.625 bits per heavy atom. The van der Waals surface area contributed by atoms with Gasteiger partial charge >= 0.3 is 0 Å². The van der Waals surface area contributed by atoms with Gasteiger partial charge in [0.05, 0.1) is 26.4 Å². The van der Waals surface area contributed by atoms with Crippen LogP contribution in [0.4, 0.5) is 0 Å². The van der Waals surface area contributed by atoms with Gasteiger partial charge in [-0.3, -0.25) is 0 Å². The number of hydrogen-bond acceptors (Lipinski definition) is 4. The molecule has 0 aliphatic heterocycles. The number of aliphatic hydroxyl groups is 1. The molecule has 216 valence electrons. The summed E-state index contributed by atoms with van der Waals surface area (Å²) in [6.07, 6.45) is 12.4. The smallest absolute Gasteiger partial charge is 0.116 e. The molecule has 0 saturated heterocycles. The molecule has 4 nitrogen and oxygen atoms in total. The van der Waals surface area contributed by atoms with Gasteiger partial charge in [-0.25, -0.2) is 0 Å². The maximum Gasteiger partial charge on any atom is 0.116 e. The number of rotatable bonds is 21. The topological polar surface area (TPSA) is 47.9 Å². The highest BCUT2D eigenvalue weighted by atomic mass is 16.6. The molecule has 3 atom stereocenters. The first-order chi connectivity index (χ1) is 19.8. The van der Waals surface area contributed by atoms with Crippen LogP contribution in [0.3, 0.4) is 0 Å². The third-order valence-corrected chi connectivity index (χ3v) is 6.97. The summed E-state index contributed by atoms with van der Waals surface area (Å²) < 4.78 is 18.7. The number of hydrogen-bond donors (Lipinski definition) is 1. The van der Waals surface area contributed by atoms with Crippen molar-refractivity contribution in [3.05, 3.63) is 120 Å². The van der Waals surface area contributed by atoms with Crippen LogP contribution in [0.15, 0.2) is 103 Å². The van der Waals surface area contributed by atoms with Crippen molar-refractivity contribution in [3.63, 3.8) is 0 Å². The molecule has 0 aliphatic rings. The van der Waals surface area contributed by atoms with E-state index in [0.29, 0.717) is 19.8 Å². The fourth-order valence-electron chi connectivity index (χ4n) is 4.63. The average molecular weight is 545 g/mol. The molecule has 0 bridgehead atoms. The summed E-state index contributed by atoms with van der Waals surface area (Å²) >= 11 is 0. The molecule has 0 aliphatic carbocycles. The van der Waals surface area contributed by atoms with E-state index in [2.05, 4.69) is 31.2 Å². The summed E-state index contributed by atoms with van der Waals surface area (Å²) in [6, 6.07) is 30.2. The van der Waals surface area contributed by atoms with Crippen LogP contribution in [0.5, 0.6) is 0 Å². The lowest BCUT2D eigenvalue weighted by molar-refractivity contribution is -0.133. The minimum atomic E-state index is -0.851. The van der Waals surface area contributed by atoms with E-state index >= 15 is 0 Å². The average Bonchev–Trinajstić information content (AvgIpc) is 3.00. The Hall–Kier alpha value is -2.76. The molecule has 0 amide bonds. The van der Waals surface area contributed by atoms with E-state index in [0.717, 1.165) is 29.5 Å². The van der Waals surface area contributed by atoms with Crippen LogP contribution in [-0.2, 0) is 34.0 Å². The van der Waals surface area contributed by atoms with E-state index in [-0.39, 0.29) is 6.61 Å². The van der Waals surface area contributed by atoms with E-state index in [1.807, 2.05) is 78.9 Å². The predicted molar refractivity (Wildman–Crippen MR) is 164 cm³/mol. The van der Waals surface area contributed by atoms with Crippen LogP contribution in [0, 0.1) is 0 Å². The Morgan fingerprint density at radius 3 is 1.70 bits per heavy atom. The maximum atomic E-state index is 11.3. The van der Waals surface area contributed by atoms with Gasteiger partial charge in [-0.1, -0.05) is 149 Å². The molecule has 0 saturated carbocycles. The number of unbranched alkanes of at least 4 members (excludes halogenated alkanes) is 7. The second-order valence-corrected chi connectivity index (χ2v) is 10.4. The lowest BCUT2D eigenvalue weighted by Gasteiger charge is -2.29. The zero-order valence-corrected chi connectivity index (χ0v) is 24.2. The zero-order valence-electron chi connectivity index (χ0n) is 24.2. The molecule has 1 N–H and O–H groups in total. The van der Waals surface area contributed by atoms with Crippen LogP contribution in [0.2, 0.25) is 0 Å².